The maximum absolute atomic E-state index is 12.4. The Hall–Kier alpha value is -2.47. The molecule has 1 aromatic heterocycles. The van der Waals surface area contributed by atoms with Crippen molar-refractivity contribution in [1.82, 2.24) is 9.55 Å². The number of nitrogens with zero attached hydrogens (tertiary/aromatic N) is 3. The summed E-state index contributed by atoms with van der Waals surface area (Å²) in [5, 5.41) is 3.89. The van der Waals surface area contributed by atoms with Gasteiger partial charge in [-0.3, -0.25) is 4.79 Å². The van der Waals surface area contributed by atoms with Crippen LogP contribution in [0.1, 0.15) is 26.2 Å². The van der Waals surface area contributed by atoms with Crippen LogP contribution in [0.3, 0.4) is 0 Å². The van der Waals surface area contributed by atoms with Crippen LogP contribution in [-0.2, 0) is 11.3 Å². The van der Waals surface area contributed by atoms with Crippen molar-refractivity contribution < 1.29 is 4.79 Å². The summed E-state index contributed by atoms with van der Waals surface area (Å²) in [5.74, 6) is 0.336. The highest BCUT2D eigenvalue weighted by Gasteiger charge is 2.13. The molecule has 0 saturated carbocycles. The summed E-state index contributed by atoms with van der Waals surface area (Å²) in [6.07, 6.45) is 3.85. The van der Waals surface area contributed by atoms with E-state index in [-0.39, 0.29) is 5.91 Å². The molecule has 4 rings (SSSR count). The van der Waals surface area contributed by atoms with Gasteiger partial charge in [-0.1, -0.05) is 23.9 Å². The predicted octanol–water partition coefficient (Wildman–Crippen LogP) is 4.78. The lowest BCUT2D eigenvalue weighted by Gasteiger charge is -2.28. The molecule has 2 heterocycles. The van der Waals surface area contributed by atoms with Crippen molar-refractivity contribution >= 4 is 40.1 Å². The number of carbonyl (C=O) groups is 1. The zero-order valence-electron chi connectivity index (χ0n) is 16.2. The van der Waals surface area contributed by atoms with Crippen molar-refractivity contribution in [2.75, 3.05) is 29.1 Å². The van der Waals surface area contributed by atoms with Crippen LogP contribution in [-0.4, -0.2) is 34.3 Å². The van der Waals surface area contributed by atoms with E-state index in [0.29, 0.717) is 5.75 Å². The number of rotatable bonds is 6. The largest absolute Gasteiger partial charge is 0.372 e. The number of benzene rings is 2. The van der Waals surface area contributed by atoms with Gasteiger partial charge in [0, 0.05) is 31.0 Å². The first-order chi connectivity index (χ1) is 13.7. The standard InChI is InChI=1S/C22H26N4OS/c1-2-26-20-9-5-4-8-19(20)24-22(26)28-16-21(27)23-17-10-12-18(13-11-17)25-14-6-3-7-15-25/h4-5,8-13H,2-3,6-7,14-16H2,1H3,(H,23,27). The van der Waals surface area contributed by atoms with E-state index in [0.717, 1.165) is 41.5 Å². The van der Waals surface area contributed by atoms with Crippen LogP contribution in [0.25, 0.3) is 11.0 Å². The molecule has 1 aliphatic heterocycles. The second-order valence-electron chi connectivity index (χ2n) is 7.06. The number of aromatic nitrogens is 2. The second-order valence-corrected chi connectivity index (χ2v) is 8.00. The lowest BCUT2D eigenvalue weighted by Crippen LogP contribution is -2.29. The Labute approximate surface area is 170 Å². The highest BCUT2D eigenvalue weighted by molar-refractivity contribution is 7.99. The van der Waals surface area contributed by atoms with Crippen LogP contribution >= 0.6 is 11.8 Å². The fourth-order valence-electron chi connectivity index (χ4n) is 3.70. The molecule has 0 unspecified atom stereocenters. The lowest BCUT2D eigenvalue weighted by molar-refractivity contribution is -0.113. The number of para-hydroxylation sites is 2. The van der Waals surface area contributed by atoms with E-state index in [1.807, 2.05) is 30.3 Å². The molecule has 0 aliphatic carbocycles. The summed E-state index contributed by atoms with van der Waals surface area (Å²) in [4.78, 5) is 19.5. The van der Waals surface area contributed by atoms with Crippen LogP contribution in [0.4, 0.5) is 11.4 Å². The van der Waals surface area contributed by atoms with Gasteiger partial charge in [-0.05, 0) is 62.6 Å². The number of thioether (sulfide) groups is 1. The Bertz CT molecular complexity index is 945. The molecule has 1 fully saturated rings. The van der Waals surface area contributed by atoms with E-state index >= 15 is 0 Å². The van der Waals surface area contributed by atoms with Gasteiger partial charge in [0.1, 0.15) is 0 Å². The van der Waals surface area contributed by atoms with Crippen molar-refractivity contribution in [2.45, 2.75) is 37.9 Å². The van der Waals surface area contributed by atoms with E-state index in [2.05, 4.69) is 44.9 Å². The lowest BCUT2D eigenvalue weighted by atomic mass is 10.1. The van der Waals surface area contributed by atoms with Gasteiger partial charge < -0.3 is 14.8 Å². The van der Waals surface area contributed by atoms with Crippen LogP contribution in [0.2, 0.25) is 0 Å². The van der Waals surface area contributed by atoms with Crippen molar-refractivity contribution in [3.63, 3.8) is 0 Å². The molecule has 0 atom stereocenters. The Balaban J connectivity index is 1.36. The van der Waals surface area contributed by atoms with Gasteiger partial charge in [-0.2, -0.15) is 0 Å². The number of amides is 1. The molecular weight excluding hydrogens is 368 g/mol. The highest BCUT2D eigenvalue weighted by atomic mass is 32.2. The number of piperidine rings is 1. The van der Waals surface area contributed by atoms with Crippen LogP contribution in [0.5, 0.6) is 0 Å². The van der Waals surface area contributed by atoms with E-state index < -0.39 is 0 Å². The monoisotopic (exact) mass is 394 g/mol. The first kappa shape index (κ1) is 18.9. The molecule has 5 nitrogen and oxygen atoms in total. The average Bonchev–Trinajstić information content (AvgIpc) is 3.11. The van der Waals surface area contributed by atoms with E-state index in [4.69, 9.17) is 0 Å². The Morgan fingerprint density at radius 2 is 1.82 bits per heavy atom. The van der Waals surface area contributed by atoms with Gasteiger partial charge in [-0.25, -0.2) is 4.98 Å². The number of imidazole rings is 1. The molecule has 3 aromatic rings. The highest BCUT2D eigenvalue weighted by Crippen LogP contribution is 2.25. The third kappa shape index (κ3) is 4.17. The topological polar surface area (TPSA) is 50.2 Å². The summed E-state index contributed by atoms with van der Waals surface area (Å²) in [6, 6.07) is 16.3. The van der Waals surface area contributed by atoms with E-state index in [1.165, 1.54) is 36.7 Å². The zero-order chi connectivity index (χ0) is 19.3. The molecule has 1 N–H and O–H groups in total. The van der Waals surface area contributed by atoms with Crippen molar-refractivity contribution in [3.05, 3.63) is 48.5 Å². The van der Waals surface area contributed by atoms with Crippen molar-refractivity contribution in [3.8, 4) is 0 Å². The Kier molecular flexibility index (Phi) is 5.86. The number of carbonyl (C=O) groups excluding carboxylic acids is 1. The summed E-state index contributed by atoms with van der Waals surface area (Å²) < 4.78 is 2.15. The minimum absolute atomic E-state index is 0.00886. The van der Waals surface area contributed by atoms with Gasteiger partial charge in [0.2, 0.25) is 5.91 Å². The van der Waals surface area contributed by atoms with Crippen LogP contribution in [0.15, 0.2) is 53.7 Å². The minimum atomic E-state index is -0.00886. The number of nitrogens with one attached hydrogen (secondary N) is 1. The van der Waals surface area contributed by atoms with E-state index in [1.54, 1.807) is 0 Å². The first-order valence-corrected chi connectivity index (χ1v) is 11.0. The molecule has 146 valence electrons. The molecule has 0 bridgehead atoms. The zero-order valence-corrected chi connectivity index (χ0v) is 17.0. The van der Waals surface area contributed by atoms with Crippen LogP contribution in [0, 0.1) is 0 Å². The quantitative estimate of drug-likeness (QED) is 0.612. The SMILES string of the molecule is CCn1c(SCC(=O)Nc2ccc(N3CCCCC3)cc2)nc2ccccc21. The maximum Gasteiger partial charge on any atom is 0.234 e. The van der Waals surface area contributed by atoms with Gasteiger partial charge in [-0.15, -0.1) is 0 Å². The molecule has 1 aliphatic rings. The fraction of sp³-hybridized carbons (Fsp3) is 0.364. The normalized spacial score (nSPS) is 14.4. The number of anilines is 2. The molecular formula is C22H26N4OS. The number of aryl methyl sites for hydroxylation is 1. The molecule has 1 saturated heterocycles. The third-order valence-corrected chi connectivity index (χ3v) is 6.12. The number of hydrogen-bond donors (Lipinski definition) is 1. The van der Waals surface area contributed by atoms with Crippen molar-refractivity contribution in [2.24, 2.45) is 0 Å². The predicted molar refractivity (Wildman–Crippen MR) is 117 cm³/mol. The smallest absolute Gasteiger partial charge is 0.234 e. The van der Waals surface area contributed by atoms with Crippen LogP contribution < -0.4 is 10.2 Å². The minimum Gasteiger partial charge on any atom is -0.372 e. The second kappa shape index (κ2) is 8.69. The molecule has 0 spiro atoms. The summed E-state index contributed by atoms with van der Waals surface area (Å²) in [5.41, 5.74) is 4.17. The molecule has 6 heteroatoms. The van der Waals surface area contributed by atoms with Gasteiger partial charge in [0.05, 0.1) is 16.8 Å². The molecule has 1 amide bonds. The number of hydrogen-bond acceptors (Lipinski definition) is 4. The summed E-state index contributed by atoms with van der Waals surface area (Å²) >= 11 is 1.48. The summed E-state index contributed by atoms with van der Waals surface area (Å²) in [6.45, 7) is 5.19. The van der Waals surface area contributed by atoms with Gasteiger partial charge in [0.15, 0.2) is 5.16 Å². The fourth-order valence-corrected chi connectivity index (χ4v) is 4.58. The van der Waals surface area contributed by atoms with Gasteiger partial charge >= 0.3 is 0 Å². The number of fused-ring (bicyclic) bond motifs is 1. The first-order valence-electron chi connectivity index (χ1n) is 9.97. The average molecular weight is 395 g/mol. The van der Waals surface area contributed by atoms with Gasteiger partial charge in [0.25, 0.3) is 0 Å². The Morgan fingerprint density at radius 3 is 2.57 bits per heavy atom. The third-order valence-electron chi connectivity index (χ3n) is 5.14. The molecule has 0 radical (unpaired) electrons. The van der Waals surface area contributed by atoms with Crippen molar-refractivity contribution in [1.29, 1.82) is 0 Å². The summed E-state index contributed by atoms with van der Waals surface area (Å²) in [7, 11) is 0. The Morgan fingerprint density at radius 1 is 1.07 bits per heavy atom. The molecule has 2 aromatic carbocycles. The molecule has 28 heavy (non-hydrogen) atoms. The van der Waals surface area contributed by atoms with E-state index in [9.17, 15) is 4.79 Å². The maximum atomic E-state index is 12.4.